The van der Waals surface area contributed by atoms with Gasteiger partial charge in [-0.05, 0) is 23.8 Å². The molecule has 2 aromatic rings. The number of nitro benzene ring substituents is 1. The molecule has 0 aliphatic heterocycles. The maximum absolute atomic E-state index is 12.7. The third kappa shape index (κ3) is 4.00. The lowest BCUT2D eigenvalue weighted by Gasteiger charge is -2.12. The van der Waals surface area contributed by atoms with Gasteiger partial charge in [-0.1, -0.05) is 12.1 Å². The van der Waals surface area contributed by atoms with Gasteiger partial charge in [0.25, 0.3) is 5.69 Å². The molecule has 0 saturated carbocycles. The number of benzene rings is 2. The molecular formula is C15H11F3N2O4. The first kappa shape index (κ1) is 17.3. The molecule has 0 fully saturated rings. The van der Waals surface area contributed by atoms with Crippen molar-refractivity contribution in [1.82, 2.24) is 0 Å². The Kier molecular flexibility index (Phi) is 4.72. The molecule has 0 aromatic heterocycles. The molecule has 0 radical (unpaired) electrons. The van der Waals surface area contributed by atoms with Crippen molar-refractivity contribution < 1.29 is 28.0 Å². The first-order chi connectivity index (χ1) is 11.2. The topological polar surface area (TPSA) is 92.5 Å². The van der Waals surface area contributed by atoms with Gasteiger partial charge in [-0.25, -0.2) is 4.79 Å². The second-order valence-electron chi connectivity index (χ2n) is 4.84. The smallest absolute Gasteiger partial charge is 0.416 e. The largest absolute Gasteiger partial charge is 0.478 e. The summed E-state index contributed by atoms with van der Waals surface area (Å²) in [6.45, 7) is -0.0674. The van der Waals surface area contributed by atoms with Gasteiger partial charge in [0.15, 0.2) is 0 Å². The van der Waals surface area contributed by atoms with Gasteiger partial charge in [0.2, 0.25) is 0 Å². The van der Waals surface area contributed by atoms with Crippen LogP contribution in [0.4, 0.5) is 24.5 Å². The van der Waals surface area contributed by atoms with Gasteiger partial charge in [-0.15, -0.1) is 0 Å². The molecule has 2 aromatic carbocycles. The number of aromatic carboxylic acids is 1. The van der Waals surface area contributed by atoms with Crippen LogP contribution in [-0.4, -0.2) is 16.0 Å². The Labute approximate surface area is 133 Å². The molecule has 0 amide bonds. The lowest BCUT2D eigenvalue weighted by Crippen LogP contribution is -2.09. The minimum atomic E-state index is -4.48. The maximum Gasteiger partial charge on any atom is 0.416 e. The van der Waals surface area contributed by atoms with Crippen LogP contribution in [0.5, 0.6) is 0 Å². The fraction of sp³-hybridized carbons (Fsp3) is 0.133. The Morgan fingerprint density at radius 2 is 1.92 bits per heavy atom. The molecule has 0 aliphatic carbocycles. The highest BCUT2D eigenvalue weighted by molar-refractivity contribution is 5.95. The van der Waals surface area contributed by atoms with Crippen molar-refractivity contribution in [3.8, 4) is 0 Å². The molecule has 6 nitrogen and oxygen atoms in total. The molecule has 0 spiro atoms. The number of rotatable bonds is 5. The summed E-state index contributed by atoms with van der Waals surface area (Å²) in [7, 11) is 0. The van der Waals surface area contributed by atoms with E-state index >= 15 is 0 Å². The summed E-state index contributed by atoms with van der Waals surface area (Å²) in [5.74, 6) is -1.38. The molecule has 0 atom stereocenters. The van der Waals surface area contributed by atoms with E-state index in [2.05, 4.69) is 5.32 Å². The van der Waals surface area contributed by atoms with Gasteiger partial charge in [0, 0.05) is 24.4 Å². The highest BCUT2D eigenvalue weighted by Crippen LogP contribution is 2.30. The zero-order chi connectivity index (χ0) is 17.9. The van der Waals surface area contributed by atoms with Crippen LogP contribution >= 0.6 is 0 Å². The Hall–Kier alpha value is -3.10. The van der Waals surface area contributed by atoms with E-state index < -0.39 is 28.3 Å². The Morgan fingerprint density at radius 3 is 2.50 bits per heavy atom. The van der Waals surface area contributed by atoms with Crippen LogP contribution in [-0.2, 0) is 12.7 Å². The van der Waals surface area contributed by atoms with Gasteiger partial charge in [-0.3, -0.25) is 10.1 Å². The number of carbonyl (C=O) groups is 1. The molecule has 2 N–H and O–H groups in total. The number of alkyl halides is 3. The van der Waals surface area contributed by atoms with Gasteiger partial charge in [0.05, 0.1) is 16.1 Å². The van der Waals surface area contributed by atoms with Crippen LogP contribution in [0.2, 0.25) is 0 Å². The van der Waals surface area contributed by atoms with E-state index in [1.54, 1.807) is 0 Å². The van der Waals surface area contributed by atoms with Gasteiger partial charge in [0.1, 0.15) is 0 Å². The maximum atomic E-state index is 12.7. The number of nitrogens with zero attached hydrogens (tertiary/aromatic N) is 1. The summed E-state index contributed by atoms with van der Waals surface area (Å²) >= 11 is 0. The zero-order valence-electron chi connectivity index (χ0n) is 12.0. The standard InChI is InChI=1S/C15H11F3N2O4/c16-15(17,18)10-3-1-2-9(6-10)8-19-13-5-4-11(20(23)24)7-12(13)14(21)22/h1-7,19H,8H2,(H,21,22). The molecule has 0 heterocycles. The molecule has 0 unspecified atom stereocenters. The lowest BCUT2D eigenvalue weighted by molar-refractivity contribution is -0.384. The zero-order valence-corrected chi connectivity index (χ0v) is 12.0. The van der Waals surface area contributed by atoms with E-state index in [0.717, 1.165) is 24.3 Å². The summed E-state index contributed by atoms with van der Waals surface area (Å²) in [4.78, 5) is 21.1. The third-order valence-corrected chi connectivity index (χ3v) is 3.18. The van der Waals surface area contributed by atoms with Crippen molar-refractivity contribution in [2.45, 2.75) is 12.7 Å². The number of carboxylic acid groups (broad SMARTS) is 1. The summed E-state index contributed by atoms with van der Waals surface area (Å²) < 4.78 is 38.0. The van der Waals surface area contributed by atoms with E-state index in [-0.39, 0.29) is 17.8 Å². The van der Waals surface area contributed by atoms with Crippen LogP contribution < -0.4 is 5.32 Å². The number of nitrogens with one attached hydrogen (secondary N) is 1. The molecule has 2 rings (SSSR count). The second kappa shape index (κ2) is 6.57. The molecule has 0 saturated heterocycles. The summed E-state index contributed by atoms with van der Waals surface area (Å²) in [6, 6.07) is 7.77. The van der Waals surface area contributed by atoms with Crippen LogP contribution in [0.3, 0.4) is 0 Å². The highest BCUT2D eigenvalue weighted by Gasteiger charge is 2.30. The first-order valence-corrected chi connectivity index (χ1v) is 6.60. The van der Waals surface area contributed by atoms with E-state index in [1.807, 2.05) is 0 Å². The molecule has 9 heteroatoms. The predicted molar refractivity (Wildman–Crippen MR) is 78.8 cm³/mol. The number of nitro groups is 1. The van der Waals surface area contributed by atoms with Gasteiger partial charge >= 0.3 is 12.1 Å². The van der Waals surface area contributed by atoms with Crippen molar-refractivity contribution in [3.05, 3.63) is 69.3 Å². The number of anilines is 1. The SMILES string of the molecule is O=C(O)c1cc([N+](=O)[O-])ccc1NCc1cccc(C(F)(F)F)c1. The van der Waals surface area contributed by atoms with Crippen molar-refractivity contribution >= 4 is 17.3 Å². The van der Waals surface area contributed by atoms with E-state index in [1.165, 1.54) is 18.2 Å². The molecule has 126 valence electrons. The fourth-order valence-electron chi connectivity index (χ4n) is 2.03. The lowest BCUT2D eigenvalue weighted by atomic mass is 10.1. The van der Waals surface area contributed by atoms with Crippen LogP contribution in [0.15, 0.2) is 42.5 Å². The number of non-ortho nitro benzene ring substituents is 1. The monoisotopic (exact) mass is 340 g/mol. The number of halogens is 3. The minimum Gasteiger partial charge on any atom is -0.478 e. The summed E-state index contributed by atoms with van der Waals surface area (Å²) in [5.41, 5.74) is -1.18. The Morgan fingerprint density at radius 1 is 1.21 bits per heavy atom. The van der Waals surface area contributed by atoms with Crippen LogP contribution in [0, 0.1) is 10.1 Å². The fourth-order valence-corrected chi connectivity index (χ4v) is 2.03. The molecular weight excluding hydrogens is 329 g/mol. The predicted octanol–water partition coefficient (Wildman–Crippen LogP) is 3.92. The van der Waals surface area contributed by atoms with Crippen molar-refractivity contribution in [3.63, 3.8) is 0 Å². The number of hydrogen-bond acceptors (Lipinski definition) is 4. The van der Waals surface area contributed by atoms with E-state index in [0.29, 0.717) is 5.56 Å². The van der Waals surface area contributed by atoms with Crippen LogP contribution in [0.25, 0.3) is 0 Å². The minimum absolute atomic E-state index is 0.0674. The molecule has 0 aliphatic rings. The van der Waals surface area contributed by atoms with Crippen molar-refractivity contribution in [2.75, 3.05) is 5.32 Å². The van der Waals surface area contributed by atoms with Crippen molar-refractivity contribution in [1.29, 1.82) is 0 Å². The van der Waals surface area contributed by atoms with E-state index in [4.69, 9.17) is 5.11 Å². The van der Waals surface area contributed by atoms with E-state index in [9.17, 15) is 28.1 Å². The summed E-state index contributed by atoms with van der Waals surface area (Å²) in [5, 5.41) is 22.5. The third-order valence-electron chi connectivity index (χ3n) is 3.18. The van der Waals surface area contributed by atoms with Gasteiger partial charge < -0.3 is 10.4 Å². The first-order valence-electron chi connectivity index (χ1n) is 6.60. The number of hydrogen-bond donors (Lipinski definition) is 2. The second-order valence-corrected chi connectivity index (χ2v) is 4.84. The van der Waals surface area contributed by atoms with Gasteiger partial charge in [-0.2, -0.15) is 13.2 Å². The Bertz CT molecular complexity index is 791. The number of carboxylic acids is 1. The van der Waals surface area contributed by atoms with Crippen molar-refractivity contribution in [2.24, 2.45) is 0 Å². The molecule has 0 bridgehead atoms. The average Bonchev–Trinajstić information content (AvgIpc) is 2.52. The quantitative estimate of drug-likeness (QED) is 0.636. The Balaban J connectivity index is 2.23. The molecule has 24 heavy (non-hydrogen) atoms. The van der Waals surface area contributed by atoms with Crippen LogP contribution in [0.1, 0.15) is 21.5 Å². The average molecular weight is 340 g/mol. The summed E-state index contributed by atoms with van der Waals surface area (Å²) in [6.07, 6.45) is -4.48. The normalized spacial score (nSPS) is 11.1. The highest BCUT2D eigenvalue weighted by atomic mass is 19.4.